The fourth-order valence-electron chi connectivity index (χ4n) is 2.80. The van der Waals surface area contributed by atoms with Crippen molar-refractivity contribution in [1.29, 1.82) is 0 Å². The van der Waals surface area contributed by atoms with E-state index in [1.165, 1.54) is 0 Å². The molecule has 1 aliphatic rings. The third kappa shape index (κ3) is 3.67. The van der Waals surface area contributed by atoms with E-state index < -0.39 is 5.60 Å². The molecule has 1 saturated heterocycles. The largest absolute Gasteiger partial charge is 0.388 e. The molecule has 2 heterocycles. The lowest BCUT2D eigenvalue weighted by molar-refractivity contribution is -0.123. The molecule has 1 amide bonds. The number of carbonyl (C=O) groups excluding carboxylic acids is 1. The number of amides is 1. The number of aromatic nitrogens is 1. The van der Waals surface area contributed by atoms with Gasteiger partial charge in [0.1, 0.15) is 0 Å². The first-order chi connectivity index (χ1) is 10.6. The van der Waals surface area contributed by atoms with Gasteiger partial charge in [-0.15, -0.1) is 0 Å². The van der Waals surface area contributed by atoms with Crippen molar-refractivity contribution in [2.45, 2.75) is 31.3 Å². The van der Waals surface area contributed by atoms with Crippen molar-refractivity contribution >= 4 is 16.8 Å². The third-order valence-corrected chi connectivity index (χ3v) is 4.30. The number of nitrogens with one attached hydrogen (secondary N) is 2. The van der Waals surface area contributed by atoms with Crippen molar-refractivity contribution in [3.8, 4) is 0 Å². The van der Waals surface area contributed by atoms with Gasteiger partial charge in [-0.1, -0.05) is 6.07 Å². The summed E-state index contributed by atoms with van der Waals surface area (Å²) in [5.74, 6) is -0.0194. The van der Waals surface area contributed by atoms with Gasteiger partial charge in [0.25, 0.3) is 0 Å². The molecule has 0 bridgehead atoms. The monoisotopic (exact) mass is 302 g/mol. The van der Waals surface area contributed by atoms with Crippen LogP contribution in [0.4, 0.5) is 0 Å². The second-order valence-electron chi connectivity index (χ2n) is 6.01. The van der Waals surface area contributed by atoms with E-state index in [1.54, 1.807) is 0 Å². The standard InChI is InChI=1S/C17H22N2O3/c20-16(19-12-17(21)6-9-22-10-7-17)4-2-13-1-3-15-14(11-13)5-8-18-15/h1,3,5,8,11,18,21H,2,4,6-7,9-10,12H2,(H,19,20). The molecule has 118 valence electrons. The van der Waals surface area contributed by atoms with E-state index >= 15 is 0 Å². The summed E-state index contributed by atoms with van der Waals surface area (Å²) in [6.45, 7) is 1.43. The van der Waals surface area contributed by atoms with Crippen LogP contribution in [0.3, 0.4) is 0 Å². The normalized spacial score (nSPS) is 17.5. The Bertz CT molecular complexity index is 644. The van der Waals surface area contributed by atoms with Crippen molar-refractivity contribution in [2.75, 3.05) is 19.8 Å². The van der Waals surface area contributed by atoms with Gasteiger partial charge in [0, 0.05) is 50.7 Å². The molecule has 1 aliphatic heterocycles. The Morgan fingerprint density at radius 3 is 2.95 bits per heavy atom. The number of ether oxygens (including phenoxy) is 1. The molecule has 1 aromatic heterocycles. The first kappa shape index (κ1) is 15.1. The summed E-state index contributed by atoms with van der Waals surface area (Å²) in [6, 6.07) is 8.20. The van der Waals surface area contributed by atoms with E-state index in [2.05, 4.69) is 16.4 Å². The van der Waals surface area contributed by atoms with Crippen LogP contribution >= 0.6 is 0 Å². The zero-order valence-electron chi connectivity index (χ0n) is 12.6. The van der Waals surface area contributed by atoms with Crippen LogP contribution in [0.5, 0.6) is 0 Å². The van der Waals surface area contributed by atoms with Gasteiger partial charge in [0.15, 0.2) is 0 Å². The molecule has 1 fully saturated rings. The highest BCUT2D eigenvalue weighted by Gasteiger charge is 2.29. The minimum atomic E-state index is -0.808. The molecule has 0 radical (unpaired) electrons. The Labute approximate surface area is 129 Å². The maximum absolute atomic E-state index is 12.0. The van der Waals surface area contributed by atoms with E-state index in [4.69, 9.17) is 4.74 Å². The average Bonchev–Trinajstić information content (AvgIpc) is 2.99. The van der Waals surface area contributed by atoms with Crippen molar-refractivity contribution in [3.05, 3.63) is 36.0 Å². The Kier molecular flexibility index (Phi) is 4.45. The minimum Gasteiger partial charge on any atom is -0.388 e. The molecule has 2 aromatic rings. The molecule has 0 unspecified atom stereocenters. The molecule has 22 heavy (non-hydrogen) atoms. The van der Waals surface area contributed by atoms with E-state index in [1.807, 2.05) is 24.4 Å². The summed E-state index contributed by atoms with van der Waals surface area (Å²) in [7, 11) is 0. The van der Waals surface area contributed by atoms with Crippen molar-refractivity contribution in [2.24, 2.45) is 0 Å². The van der Waals surface area contributed by atoms with E-state index in [9.17, 15) is 9.90 Å². The number of aromatic amines is 1. The SMILES string of the molecule is O=C(CCc1ccc2[nH]ccc2c1)NCC1(O)CCOCC1. The predicted octanol–water partition coefficient (Wildman–Crippen LogP) is 1.76. The molecule has 3 N–H and O–H groups in total. The Hall–Kier alpha value is -1.85. The summed E-state index contributed by atoms with van der Waals surface area (Å²) >= 11 is 0. The van der Waals surface area contributed by atoms with Crippen LogP contribution < -0.4 is 5.32 Å². The van der Waals surface area contributed by atoms with E-state index in [0.29, 0.717) is 45.4 Å². The Morgan fingerprint density at radius 2 is 2.14 bits per heavy atom. The number of benzene rings is 1. The highest BCUT2D eigenvalue weighted by molar-refractivity contribution is 5.80. The van der Waals surface area contributed by atoms with Gasteiger partial charge in [0.05, 0.1) is 5.60 Å². The molecule has 0 saturated carbocycles. The van der Waals surface area contributed by atoms with Crippen LogP contribution in [0.2, 0.25) is 0 Å². The topological polar surface area (TPSA) is 74.4 Å². The summed E-state index contributed by atoms with van der Waals surface area (Å²) in [5, 5.41) is 14.3. The average molecular weight is 302 g/mol. The first-order valence-corrected chi connectivity index (χ1v) is 7.78. The Balaban J connectivity index is 1.47. The maximum atomic E-state index is 12.0. The summed E-state index contributed by atoms with van der Waals surface area (Å²) in [6.07, 6.45) is 4.21. The zero-order chi connectivity index (χ0) is 15.4. The van der Waals surface area contributed by atoms with Gasteiger partial charge in [-0.05, 0) is 35.6 Å². The van der Waals surface area contributed by atoms with Crippen LogP contribution in [0.25, 0.3) is 10.9 Å². The number of aryl methyl sites for hydroxylation is 1. The van der Waals surface area contributed by atoms with Crippen molar-refractivity contribution < 1.29 is 14.6 Å². The molecule has 0 spiro atoms. The first-order valence-electron chi connectivity index (χ1n) is 7.78. The van der Waals surface area contributed by atoms with Gasteiger partial charge in [-0.25, -0.2) is 0 Å². The van der Waals surface area contributed by atoms with Crippen LogP contribution in [0.1, 0.15) is 24.8 Å². The lowest BCUT2D eigenvalue weighted by Crippen LogP contribution is -2.46. The number of aliphatic hydroxyl groups is 1. The molecule has 3 rings (SSSR count). The van der Waals surface area contributed by atoms with Gasteiger partial charge < -0.3 is 20.1 Å². The molecule has 1 aromatic carbocycles. The summed E-state index contributed by atoms with van der Waals surface area (Å²) in [4.78, 5) is 15.1. The second kappa shape index (κ2) is 6.50. The molecule has 0 atom stereocenters. The van der Waals surface area contributed by atoms with Crippen LogP contribution in [0, 0.1) is 0 Å². The smallest absolute Gasteiger partial charge is 0.220 e. The van der Waals surface area contributed by atoms with Crippen molar-refractivity contribution in [1.82, 2.24) is 10.3 Å². The zero-order valence-corrected chi connectivity index (χ0v) is 12.6. The Morgan fingerprint density at radius 1 is 1.32 bits per heavy atom. The highest BCUT2D eigenvalue weighted by atomic mass is 16.5. The highest BCUT2D eigenvalue weighted by Crippen LogP contribution is 2.19. The van der Waals surface area contributed by atoms with E-state index in [-0.39, 0.29) is 5.91 Å². The quantitative estimate of drug-likeness (QED) is 0.788. The van der Waals surface area contributed by atoms with Crippen molar-refractivity contribution in [3.63, 3.8) is 0 Å². The number of hydrogen-bond acceptors (Lipinski definition) is 3. The molecule has 0 aliphatic carbocycles. The number of fused-ring (bicyclic) bond motifs is 1. The van der Waals surface area contributed by atoms with Crippen LogP contribution in [-0.4, -0.2) is 41.4 Å². The number of carbonyl (C=O) groups is 1. The van der Waals surface area contributed by atoms with Gasteiger partial charge >= 0.3 is 0 Å². The van der Waals surface area contributed by atoms with Crippen LogP contribution in [0.15, 0.2) is 30.5 Å². The maximum Gasteiger partial charge on any atom is 0.220 e. The van der Waals surface area contributed by atoms with E-state index in [0.717, 1.165) is 16.5 Å². The molecule has 5 nitrogen and oxygen atoms in total. The molecular formula is C17H22N2O3. The van der Waals surface area contributed by atoms with Gasteiger partial charge in [-0.2, -0.15) is 0 Å². The van der Waals surface area contributed by atoms with Gasteiger partial charge in [0.2, 0.25) is 5.91 Å². The number of rotatable bonds is 5. The second-order valence-corrected chi connectivity index (χ2v) is 6.01. The third-order valence-electron chi connectivity index (χ3n) is 4.30. The lowest BCUT2D eigenvalue weighted by Gasteiger charge is -2.32. The molecule has 5 heteroatoms. The predicted molar refractivity (Wildman–Crippen MR) is 84.6 cm³/mol. The minimum absolute atomic E-state index is 0.0194. The summed E-state index contributed by atoms with van der Waals surface area (Å²) < 4.78 is 5.23. The lowest BCUT2D eigenvalue weighted by atomic mass is 9.94. The molecular weight excluding hydrogens is 280 g/mol. The fraction of sp³-hybridized carbons (Fsp3) is 0.471. The van der Waals surface area contributed by atoms with Crippen LogP contribution in [-0.2, 0) is 16.0 Å². The number of H-pyrrole nitrogens is 1. The fourth-order valence-corrected chi connectivity index (χ4v) is 2.80. The van der Waals surface area contributed by atoms with Gasteiger partial charge in [-0.3, -0.25) is 4.79 Å². The number of hydrogen-bond donors (Lipinski definition) is 3. The summed E-state index contributed by atoms with van der Waals surface area (Å²) in [5.41, 5.74) is 1.44.